The number of ketones is 1. The molecule has 1 atom stereocenters. The zero-order valence-corrected chi connectivity index (χ0v) is 18.7. The molecule has 1 fully saturated rings. The summed E-state index contributed by atoms with van der Waals surface area (Å²) in [7, 11) is 0. The van der Waals surface area contributed by atoms with Crippen molar-refractivity contribution in [3.63, 3.8) is 0 Å². The number of imide groups is 1. The predicted octanol–water partition coefficient (Wildman–Crippen LogP) is 4.20. The van der Waals surface area contributed by atoms with E-state index in [9.17, 15) is 19.2 Å². The Balaban J connectivity index is 1.37. The number of pyridine rings is 1. The Morgan fingerprint density at radius 1 is 1.00 bits per heavy atom. The number of anilines is 1. The Hall–Kier alpha value is -3.49. The van der Waals surface area contributed by atoms with E-state index in [4.69, 9.17) is 16.3 Å². The number of halogens is 1. The van der Waals surface area contributed by atoms with Crippen molar-refractivity contribution in [1.29, 1.82) is 0 Å². The average molecular weight is 481 g/mol. The summed E-state index contributed by atoms with van der Waals surface area (Å²) in [5, 5.41) is 0.605. The summed E-state index contributed by atoms with van der Waals surface area (Å²) >= 11 is 7.04. The first-order chi connectivity index (χ1) is 15.9. The van der Waals surface area contributed by atoms with Gasteiger partial charge in [-0.05, 0) is 60.7 Å². The Bertz CT molecular complexity index is 1200. The molecule has 2 heterocycles. The molecule has 0 aliphatic carbocycles. The molecule has 1 aliphatic heterocycles. The van der Waals surface area contributed by atoms with E-state index in [1.165, 1.54) is 36.0 Å². The first kappa shape index (κ1) is 22.7. The molecule has 1 aromatic heterocycles. The Morgan fingerprint density at radius 2 is 1.70 bits per heavy atom. The quantitative estimate of drug-likeness (QED) is 0.284. The van der Waals surface area contributed by atoms with Crippen LogP contribution in [0.25, 0.3) is 0 Å². The molecule has 166 valence electrons. The number of hydrogen-bond acceptors (Lipinski definition) is 7. The van der Waals surface area contributed by atoms with Crippen molar-refractivity contribution in [3.05, 3.63) is 89.1 Å². The highest BCUT2D eigenvalue weighted by Gasteiger charge is 2.40. The molecule has 0 radical (unpaired) electrons. The summed E-state index contributed by atoms with van der Waals surface area (Å²) in [6, 6.07) is 17.5. The fraction of sp³-hybridized carbons (Fsp3) is 0.125. The molecule has 1 saturated heterocycles. The third kappa shape index (κ3) is 5.30. The van der Waals surface area contributed by atoms with Gasteiger partial charge in [-0.15, -0.1) is 0 Å². The van der Waals surface area contributed by atoms with Gasteiger partial charge in [0, 0.05) is 23.2 Å². The van der Waals surface area contributed by atoms with Crippen molar-refractivity contribution in [1.82, 2.24) is 4.98 Å². The van der Waals surface area contributed by atoms with Crippen LogP contribution in [0.4, 0.5) is 5.69 Å². The number of nitrogens with zero attached hydrogens (tertiary/aromatic N) is 2. The second-order valence-electron chi connectivity index (χ2n) is 7.10. The fourth-order valence-corrected chi connectivity index (χ4v) is 4.34. The number of rotatable bonds is 7. The minimum Gasteiger partial charge on any atom is -0.454 e. The standard InChI is InChI=1S/C24H17ClN2O5S/c25-17-8-4-15(5-9-17)19(28)14-32-24(31)16-6-10-18(11-7-16)27-22(29)13-20(23(27)30)33-21-3-1-2-12-26-21/h1-12,20H,13-14H2. The maximum atomic E-state index is 12.8. The SMILES string of the molecule is O=C(COC(=O)c1ccc(N2C(=O)CC(Sc3ccccn3)C2=O)cc1)c1ccc(Cl)cc1. The third-order valence-corrected chi connectivity index (χ3v) is 6.26. The summed E-state index contributed by atoms with van der Waals surface area (Å²) in [6.45, 7) is -0.419. The van der Waals surface area contributed by atoms with Gasteiger partial charge in [0.05, 0.1) is 21.5 Å². The monoisotopic (exact) mass is 480 g/mol. The number of Topliss-reactive ketones (excluding diaryl/α,β-unsaturated/α-hetero) is 1. The van der Waals surface area contributed by atoms with Crippen LogP contribution in [0.2, 0.25) is 5.02 Å². The van der Waals surface area contributed by atoms with Gasteiger partial charge in [-0.3, -0.25) is 14.4 Å². The van der Waals surface area contributed by atoms with Crippen LogP contribution in [-0.2, 0) is 14.3 Å². The molecule has 0 saturated carbocycles. The number of amides is 2. The zero-order chi connectivity index (χ0) is 23.4. The van der Waals surface area contributed by atoms with Crippen molar-refractivity contribution in [2.24, 2.45) is 0 Å². The number of benzene rings is 2. The number of ether oxygens (including phenoxy) is 1. The number of esters is 1. The lowest BCUT2D eigenvalue weighted by Gasteiger charge is -2.15. The summed E-state index contributed by atoms with van der Waals surface area (Å²) in [5.41, 5.74) is 0.941. The van der Waals surface area contributed by atoms with Crippen molar-refractivity contribution >= 4 is 52.6 Å². The van der Waals surface area contributed by atoms with Crippen molar-refractivity contribution < 1.29 is 23.9 Å². The number of carbonyl (C=O) groups excluding carboxylic acids is 4. The van der Waals surface area contributed by atoms with E-state index in [0.29, 0.717) is 21.3 Å². The van der Waals surface area contributed by atoms with E-state index < -0.39 is 17.8 Å². The Labute approximate surface area is 198 Å². The zero-order valence-electron chi connectivity index (χ0n) is 17.1. The first-order valence-corrected chi connectivity index (χ1v) is 11.2. The van der Waals surface area contributed by atoms with Crippen molar-refractivity contribution in [2.75, 3.05) is 11.5 Å². The Morgan fingerprint density at radius 3 is 2.36 bits per heavy atom. The molecule has 0 N–H and O–H groups in total. The van der Waals surface area contributed by atoms with Crippen LogP contribution >= 0.6 is 23.4 Å². The number of aromatic nitrogens is 1. The lowest BCUT2D eigenvalue weighted by molar-refractivity contribution is -0.121. The minimum atomic E-state index is -0.688. The highest BCUT2D eigenvalue weighted by molar-refractivity contribution is 8.00. The molecular weight excluding hydrogens is 464 g/mol. The van der Waals surface area contributed by atoms with Gasteiger partial charge in [-0.1, -0.05) is 29.4 Å². The summed E-state index contributed by atoms with van der Waals surface area (Å²) in [6.07, 6.45) is 1.69. The van der Waals surface area contributed by atoms with E-state index in [-0.39, 0.29) is 29.6 Å². The second kappa shape index (κ2) is 9.97. The van der Waals surface area contributed by atoms with Gasteiger partial charge in [-0.25, -0.2) is 14.7 Å². The van der Waals surface area contributed by atoms with E-state index in [0.717, 1.165) is 4.90 Å². The molecule has 33 heavy (non-hydrogen) atoms. The summed E-state index contributed by atoms with van der Waals surface area (Å²) < 4.78 is 5.09. The summed E-state index contributed by atoms with van der Waals surface area (Å²) in [5.74, 6) is -1.70. The lowest BCUT2D eigenvalue weighted by atomic mass is 10.1. The average Bonchev–Trinajstić information content (AvgIpc) is 3.11. The predicted molar refractivity (Wildman–Crippen MR) is 123 cm³/mol. The van der Waals surface area contributed by atoms with Crippen LogP contribution < -0.4 is 4.90 Å². The third-order valence-electron chi connectivity index (χ3n) is 4.87. The fourth-order valence-electron chi connectivity index (χ4n) is 3.21. The van der Waals surface area contributed by atoms with Gasteiger partial charge < -0.3 is 4.74 Å². The van der Waals surface area contributed by atoms with Crippen LogP contribution in [-0.4, -0.2) is 40.4 Å². The molecule has 3 aromatic rings. The van der Waals surface area contributed by atoms with Crippen molar-refractivity contribution in [2.45, 2.75) is 16.7 Å². The molecular formula is C24H17ClN2O5S. The lowest BCUT2D eigenvalue weighted by Crippen LogP contribution is -2.31. The van der Waals surface area contributed by atoms with Gasteiger partial charge in [-0.2, -0.15) is 0 Å². The molecule has 2 amide bonds. The molecule has 1 aliphatic rings. The second-order valence-corrected chi connectivity index (χ2v) is 8.76. The number of thioether (sulfide) groups is 1. The van der Waals surface area contributed by atoms with Crippen LogP contribution in [0.1, 0.15) is 27.1 Å². The topological polar surface area (TPSA) is 93.6 Å². The molecule has 4 rings (SSSR count). The minimum absolute atomic E-state index is 0.0661. The van der Waals surface area contributed by atoms with E-state index in [1.54, 1.807) is 42.6 Å². The van der Waals surface area contributed by atoms with Gasteiger partial charge >= 0.3 is 5.97 Å². The normalized spacial score (nSPS) is 15.5. The maximum Gasteiger partial charge on any atom is 0.338 e. The molecule has 0 spiro atoms. The highest BCUT2D eigenvalue weighted by atomic mass is 35.5. The highest BCUT2D eigenvalue weighted by Crippen LogP contribution is 2.33. The van der Waals surface area contributed by atoms with Crippen LogP contribution in [0.15, 0.2) is 78.0 Å². The molecule has 0 bridgehead atoms. The van der Waals surface area contributed by atoms with Crippen molar-refractivity contribution in [3.8, 4) is 0 Å². The van der Waals surface area contributed by atoms with E-state index in [2.05, 4.69) is 4.98 Å². The Kier molecular flexibility index (Phi) is 6.86. The van der Waals surface area contributed by atoms with Gasteiger partial charge in [0.1, 0.15) is 0 Å². The van der Waals surface area contributed by atoms with Gasteiger partial charge in [0.2, 0.25) is 11.8 Å². The van der Waals surface area contributed by atoms with Crippen LogP contribution in [0, 0.1) is 0 Å². The molecule has 7 nitrogen and oxygen atoms in total. The molecule has 9 heteroatoms. The number of hydrogen-bond donors (Lipinski definition) is 0. The van der Waals surface area contributed by atoms with Gasteiger partial charge in [0.25, 0.3) is 0 Å². The largest absolute Gasteiger partial charge is 0.454 e. The summed E-state index contributed by atoms with van der Waals surface area (Å²) in [4.78, 5) is 55.0. The van der Waals surface area contributed by atoms with Crippen LogP contribution in [0.5, 0.6) is 0 Å². The molecule has 1 unspecified atom stereocenters. The van der Waals surface area contributed by atoms with Gasteiger partial charge in [0.15, 0.2) is 12.4 Å². The maximum absolute atomic E-state index is 12.8. The molecule has 2 aromatic carbocycles. The smallest absolute Gasteiger partial charge is 0.338 e. The first-order valence-electron chi connectivity index (χ1n) is 9.93. The number of carbonyl (C=O) groups is 4. The van der Waals surface area contributed by atoms with E-state index >= 15 is 0 Å². The van der Waals surface area contributed by atoms with Crippen LogP contribution in [0.3, 0.4) is 0 Å². The van der Waals surface area contributed by atoms with E-state index in [1.807, 2.05) is 6.07 Å².